The van der Waals surface area contributed by atoms with E-state index >= 15 is 0 Å². The lowest BCUT2D eigenvalue weighted by molar-refractivity contribution is -0.135. The minimum absolute atomic E-state index is 0.110. The summed E-state index contributed by atoms with van der Waals surface area (Å²) in [7, 11) is -2.15. The first-order chi connectivity index (χ1) is 11.7. The van der Waals surface area contributed by atoms with E-state index in [0.717, 1.165) is 5.56 Å². The Morgan fingerprint density at radius 3 is 2.04 bits per heavy atom. The maximum Gasteiger partial charge on any atom is 0.292 e. The number of carbonyl (C=O) groups is 1. The van der Waals surface area contributed by atoms with E-state index in [9.17, 15) is 9.90 Å². The minimum atomic E-state index is -2.15. The van der Waals surface area contributed by atoms with Gasteiger partial charge < -0.3 is 9.53 Å². The van der Waals surface area contributed by atoms with E-state index < -0.39 is 14.4 Å². The Morgan fingerprint density at radius 2 is 1.56 bits per heavy atom. The normalized spacial score (nSPS) is 13.8. The summed E-state index contributed by atoms with van der Waals surface area (Å²) in [5, 5.41) is 10.1. The number of benzene rings is 1. The van der Waals surface area contributed by atoms with Gasteiger partial charge in [0.1, 0.15) is 0 Å². The molecule has 0 fully saturated rings. The zero-order valence-corrected chi connectivity index (χ0v) is 17.5. The van der Waals surface area contributed by atoms with Crippen molar-refractivity contribution >= 4 is 14.3 Å². The van der Waals surface area contributed by atoms with Crippen LogP contribution in [0.15, 0.2) is 42.5 Å². The molecule has 0 bridgehead atoms. The topological polar surface area (TPSA) is 46.5 Å². The quantitative estimate of drug-likeness (QED) is 0.448. The summed E-state index contributed by atoms with van der Waals surface area (Å²) in [5.41, 5.74) is 2.04. The summed E-state index contributed by atoms with van der Waals surface area (Å²) < 4.78 is 6.12. The van der Waals surface area contributed by atoms with Gasteiger partial charge in [-0.15, -0.1) is 0 Å². The molecule has 4 heteroatoms. The molecule has 0 saturated heterocycles. The number of rotatable bonds is 9. The number of aliphatic hydroxyl groups is 1. The molecular weight excluding hydrogens is 328 g/mol. The van der Waals surface area contributed by atoms with Gasteiger partial charge in [-0.3, -0.25) is 4.79 Å². The van der Waals surface area contributed by atoms with Crippen molar-refractivity contribution in [2.45, 2.75) is 77.1 Å². The highest BCUT2D eigenvalue weighted by atomic mass is 28.4. The van der Waals surface area contributed by atoms with E-state index in [0.29, 0.717) is 29.5 Å². The molecule has 1 rings (SSSR count). The summed E-state index contributed by atoms with van der Waals surface area (Å²) in [6.07, 6.45) is 3.91. The molecule has 0 amide bonds. The third-order valence-electron chi connectivity index (χ3n) is 4.97. The van der Waals surface area contributed by atoms with Gasteiger partial charge in [-0.25, -0.2) is 0 Å². The van der Waals surface area contributed by atoms with Crippen molar-refractivity contribution in [1.82, 2.24) is 0 Å². The monoisotopic (exact) mass is 362 g/mol. The zero-order chi connectivity index (χ0) is 19.0. The van der Waals surface area contributed by atoms with Crippen LogP contribution in [-0.4, -0.2) is 19.4 Å². The highest BCUT2D eigenvalue weighted by Gasteiger charge is 2.47. The van der Waals surface area contributed by atoms with Crippen LogP contribution in [0.25, 0.3) is 0 Å². The summed E-state index contributed by atoms with van der Waals surface area (Å²) in [6, 6.07) is 9.49. The molecule has 1 aromatic rings. The maximum atomic E-state index is 12.4. The van der Waals surface area contributed by atoms with Crippen LogP contribution in [0.1, 0.15) is 66.1 Å². The summed E-state index contributed by atoms with van der Waals surface area (Å²) in [5.74, 6) is -0.110. The average molecular weight is 363 g/mol. The number of carbonyl (C=O) groups excluding carboxylic acids is 1. The Kier molecular flexibility index (Phi) is 8.60. The van der Waals surface area contributed by atoms with Crippen molar-refractivity contribution in [3.8, 4) is 0 Å². The van der Waals surface area contributed by atoms with Crippen molar-refractivity contribution in [3.05, 3.63) is 48.0 Å². The molecule has 0 aliphatic heterocycles. The van der Waals surface area contributed by atoms with E-state index in [1.54, 1.807) is 6.08 Å². The predicted molar refractivity (Wildman–Crippen MR) is 107 cm³/mol. The average Bonchev–Trinajstić information content (AvgIpc) is 2.56. The van der Waals surface area contributed by atoms with E-state index in [2.05, 4.69) is 41.5 Å². The first kappa shape index (κ1) is 21.6. The number of aliphatic hydroxyl groups excluding tert-OH is 1. The van der Waals surface area contributed by atoms with Gasteiger partial charge in [-0.2, -0.15) is 0 Å². The molecule has 0 unspecified atom stereocenters. The molecule has 0 saturated carbocycles. The van der Waals surface area contributed by atoms with E-state index in [-0.39, 0.29) is 5.97 Å². The fourth-order valence-corrected chi connectivity index (χ4v) is 8.99. The second-order valence-corrected chi connectivity index (χ2v) is 13.0. The molecule has 0 spiro atoms. The summed E-state index contributed by atoms with van der Waals surface area (Å²) in [4.78, 5) is 12.4. The molecule has 3 nitrogen and oxygen atoms in total. The van der Waals surface area contributed by atoms with Gasteiger partial charge in [-0.1, -0.05) is 84.0 Å². The molecule has 0 radical (unpaired) electrons. The minimum Gasteiger partial charge on any atom is -0.518 e. The lowest BCUT2D eigenvalue weighted by Gasteiger charge is -2.41. The molecule has 25 heavy (non-hydrogen) atoms. The highest BCUT2D eigenvalue weighted by Crippen LogP contribution is 2.42. The van der Waals surface area contributed by atoms with Crippen molar-refractivity contribution in [3.63, 3.8) is 0 Å². The molecule has 0 aromatic heterocycles. The Morgan fingerprint density at radius 1 is 1.04 bits per heavy atom. The van der Waals surface area contributed by atoms with Crippen LogP contribution in [0, 0.1) is 0 Å². The Bertz CT molecular complexity index is 528. The number of allylic oxidation sites excluding steroid dienone is 1. The largest absolute Gasteiger partial charge is 0.518 e. The van der Waals surface area contributed by atoms with E-state index in [1.807, 2.05) is 36.4 Å². The molecular formula is C21H34O3Si. The highest BCUT2D eigenvalue weighted by molar-refractivity contribution is 6.78. The van der Waals surface area contributed by atoms with Gasteiger partial charge in [0.15, 0.2) is 0 Å². The number of hydrogen-bond donors (Lipinski definition) is 1. The van der Waals surface area contributed by atoms with Crippen molar-refractivity contribution < 1.29 is 14.3 Å². The van der Waals surface area contributed by atoms with Crippen molar-refractivity contribution in [1.29, 1.82) is 0 Å². The first-order valence-electron chi connectivity index (χ1n) is 9.33. The first-order valence-corrected chi connectivity index (χ1v) is 11.5. The van der Waals surface area contributed by atoms with Gasteiger partial charge in [-0.05, 0) is 28.6 Å². The van der Waals surface area contributed by atoms with Crippen LogP contribution in [0.2, 0.25) is 16.6 Å². The summed E-state index contributed by atoms with van der Waals surface area (Å²) in [6.45, 7) is 13.1. The second kappa shape index (κ2) is 9.93. The molecule has 140 valence electrons. The van der Waals surface area contributed by atoms with Crippen LogP contribution >= 0.6 is 0 Å². The molecule has 0 aliphatic carbocycles. The van der Waals surface area contributed by atoms with Crippen LogP contribution in [0.4, 0.5) is 0 Å². The van der Waals surface area contributed by atoms with Gasteiger partial charge in [0.05, 0.1) is 6.10 Å². The van der Waals surface area contributed by atoms with E-state index in [4.69, 9.17) is 4.43 Å². The molecule has 0 aliphatic rings. The lowest BCUT2D eigenvalue weighted by atomic mass is 10.1. The van der Waals surface area contributed by atoms with Crippen LogP contribution in [0.5, 0.6) is 0 Å². The van der Waals surface area contributed by atoms with Crippen LogP contribution < -0.4 is 0 Å². The zero-order valence-electron chi connectivity index (χ0n) is 16.5. The molecule has 0 heterocycles. The fourth-order valence-electron chi connectivity index (χ4n) is 3.79. The third-order valence-corrected chi connectivity index (χ3v) is 11.0. The van der Waals surface area contributed by atoms with Crippen molar-refractivity contribution in [2.75, 3.05) is 0 Å². The molecule has 1 atom stereocenters. The standard InChI is InChI=1S/C21H34O3Si/c1-16(2)25(17(3)4,18(5)6)24-21(23)15-11-10-14-20(22)19-12-8-7-9-13-19/h7-10,12-14,16-18,20,22H,11,15H2,1-6H3/b14-10+/t20-/m0/s1. The fraction of sp³-hybridized carbons (Fsp3) is 0.571. The van der Waals surface area contributed by atoms with Crippen LogP contribution in [0.3, 0.4) is 0 Å². The smallest absolute Gasteiger partial charge is 0.292 e. The maximum absolute atomic E-state index is 12.4. The SMILES string of the molecule is CC(C)[Si](OC(=O)CC/C=C/[C@H](O)c1ccccc1)(C(C)C)C(C)C. The lowest BCUT2D eigenvalue weighted by Crippen LogP contribution is -2.49. The predicted octanol–water partition coefficient (Wildman–Crippen LogP) is 5.78. The van der Waals surface area contributed by atoms with Gasteiger partial charge >= 0.3 is 0 Å². The Labute approximate surface area is 154 Å². The van der Waals surface area contributed by atoms with Gasteiger partial charge in [0, 0.05) is 6.42 Å². The molecule has 1 N–H and O–H groups in total. The van der Waals surface area contributed by atoms with Gasteiger partial charge in [0.25, 0.3) is 14.3 Å². The third kappa shape index (κ3) is 5.82. The Hall–Kier alpha value is -1.39. The van der Waals surface area contributed by atoms with Crippen LogP contribution in [-0.2, 0) is 9.22 Å². The van der Waals surface area contributed by atoms with Crippen molar-refractivity contribution in [2.24, 2.45) is 0 Å². The Balaban J connectivity index is 2.60. The second-order valence-electron chi connectivity index (χ2n) is 7.61. The molecule has 1 aromatic carbocycles. The number of hydrogen-bond acceptors (Lipinski definition) is 3. The summed E-state index contributed by atoms with van der Waals surface area (Å²) >= 11 is 0. The van der Waals surface area contributed by atoms with E-state index in [1.165, 1.54) is 0 Å². The van der Waals surface area contributed by atoms with Gasteiger partial charge in [0.2, 0.25) is 0 Å².